The molecule has 1 aromatic heterocycles. The van der Waals surface area contributed by atoms with Gasteiger partial charge in [0.2, 0.25) is 11.8 Å². The zero-order chi connectivity index (χ0) is 16.8. The Morgan fingerprint density at radius 1 is 1.38 bits per heavy atom. The molecule has 1 atom stereocenters. The second-order valence-corrected chi connectivity index (χ2v) is 6.41. The van der Waals surface area contributed by atoms with E-state index in [9.17, 15) is 4.79 Å². The lowest BCUT2D eigenvalue weighted by atomic mass is 9.97. The largest absolute Gasteiger partial charge is 0.355 e. The van der Waals surface area contributed by atoms with Crippen LogP contribution in [-0.4, -0.2) is 47.6 Å². The molecule has 6 heteroatoms. The number of hydrogen-bond donors (Lipinski definition) is 1. The van der Waals surface area contributed by atoms with E-state index in [0.717, 1.165) is 31.5 Å². The molecule has 1 amide bonds. The van der Waals surface area contributed by atoms with E-state index < -0.39 is 0 Å². The molecule has 0 saturated carbocycles. The standard InChI is InChI=1S/C18H24N4O2/c1-22-11-5-8-15(13-22)18(23)19-10-9-17-20-16(21-24-17)12-14-6-3-2-4-7-14/h2-4,6-7,15H,5,8-13H2,1H3,(H,19,23). The summed E-state index contributed by atoms with van der Waals surface area (Å²) in [5.74, 6) is 1.48. The summed E-state index contributed by atoms with van der Waals surface area (Å²) < 4.78 is 5.26. The number of nitrogens with one attached hydrogen (secondary N) is 1. The predicted octanol–water partition coefficient (Wildman–Crippen LogP) is 1.66. The number of aromatic nitrogens is 2. The van der Waals surface area contributed by atoms with Crippen molar-refractivity contribution in [2.45, 2.75) is 25.7 Å². The van der Waals surface area contributed by atoms with Crippen LogP contribution in [0, 0.1) is 5.92 Å². The van der Waals surface area contributed by atoms with Crippen molar-refractivity contribution >= 4 is 5.91 Å². The molecule has 128 valence electrons. The second kappa shape index (κ2) is 8.06. The average Bonchev–Trinajstić information content (AvgIpc) is 3.03. The van der Waals surface area contributed by atoms with Gasteiger partial charge in [-0.05, 0) is 32.0 Å². The summed E-state index contributed by atoms with van der Waals surface area (Å²) in [6, 6.07) is 10.1. The summed E-state index contributed by atoms with van der Waals surface area (Å²) in [6.45, 7) is 2.45. The highest BCUT2D eigenvalue weighted by Crippen LogP contribution is 2.15. The lowest BCUT2D eigenvalue weighted by molar-refractivity contribution is -0.126. The van der Waals surface area contributed by atoms with Crippen LogP contribution in [0.3, 0.4) is 0 Å². The van der Waals surface area contributed by atoms with Crippen molar-refractivity contribution < 1.29 is 9.32 Å². The third kappa shape index (κ3) is 4.64. The lowest BCUT2D eigenvalue weighted by Gasteiger charge is -2.28. The van der Waals surface area contributed by atoms with Crippen LogP contribution in [0.5, 0.6) is 0 Å². The second-order valence-electron chi connectivity index (χ2n) is 6.41. The normalized spacial score (nSPS) is 18.5. The van der Waals surface area contributed by atoms with E-state index in [0.29, 0.717) is 31.1 Å². The van der Waals surface area contributed by atoms with Gasteiger partial charge in [-0.2, -0.15) is 4.98 Å². The number of benzene rings is 1. The van der Waals surface area contributed by atoms with Crippen LogP contribution in [0.2, 0.25) is 0 Å². The minimum atomic E-state index is 0.0973. The molecule has 0 aliphatic carbocycles. The smallest absolute Gasteiger partial charge is 0.228 e. The number of amides is 1. The molecular formula is C18H24N4O2. The Morgan fingerprint density at radius 3 is 3.00 bits per heavy atom. The van der Waals surface area contributed by atoms with Gasteiger partial charge in [0.1, 0.15) is 0 Å². The Bertz CT molecular complexity index is 656. The molecule has 0 bridgehead atoms. The van der Waals surface area contributed by atoms with Gasteiger partial charge in [-0.1, -0.05) is 35.5 Å². The van der Waals surface area contributed by atoms with E-state index in [1.165, 1.54) is 0 Å². The Balaban J connectivity index is 1.43. The van der Waals surface area contributed by atoms with E-state index in [4.69, 9.17) is 4.52 Å². The first kappa shape index (κ1) is 16.6. The fourth-order valence-corrected chi connectivity index (χ4v) is 3.06. The fraction of sp³-hybridized carbons (Fsp3) is 0.500. The lowest BCUT2D eigenvalue weighted by Crippen LogP contribution is -2.41. The summed E-state index contributed by atoms with van der Waals surface area (Å²) in [5, 5.41) is 6.99. The van der Waals surface area contributed by atoms with Gasteiger partial charge >= 0.3 is 0 Å². The molecule has 24 heavy (non-hydrogen) atoms. The molecule has 0 spiro atoms. The van der Waals surface area contributed by atoms with Crippen LogP contribution in [0.4, 0.5) is 0 Å². The third-order valence-corrected chi connectivity index (χ3v) is 4.35. The number of carbonyl (C=O) groups excluding carboxylic acids is 1. The SMILES string of the molecule is CN1CCCC(C(=O)NCCc2nc(Cc3ccccc3)no2)C1. The van der Waals surface area contributed by atoms with Crippen molar-refractivity contribution in [3.63, 3.8) is 0 Å². The number of hydrogen-bond acceptors (Lipinski definition) is 5. The van der Waals surface area contributed by atoms with Crippen LogP contribution in [0.25, 0.3) is 0 Å². The molecule has 0 radical (unpaired) electrons. The number of likely N-dealkylation sites (tertiary alicyclic amines) is 1. The topological polar surface area (TPSA) is 71.3 Å². The van der Waals surface area contributed by atoms with E-state index in [1.807, 2.05) is 30.3 Å². The van der Waals surface area contributed by atoms with Crippen molar-refractivity contribution in [2.24, 2.45) is 5.92 Å². The number of rotatable bonds is 6. The minimum absolute atomic E-state index is 0.0973. The monoisotopic (exact) mass is 328 g/mol. The molecule has 1 aliphatic heterocycles. The van der Waals surface area contributed by atoms with Gasteiger partial charge in [0.15, 0.2) is 5.82 Å². The highest BCUT2D eigenvalue weighted by Gasteiger charge is 2.23. The molecule has 3 rings (SSSR count). The Hall–Kier alpha value is -2.21. The van der Waals surface area contributed by atoms with Crippen molar-refractivity contribution in [3.05, 3.63) is 47.6 Å². The highest BCUT2D eigenvalue weighted by atomic mass is 16.5. The molecule has 1 unspecified atom stereocenters. The molecule has 2 aromatic rings. The molecule has 1 aromatic carbocycles. The first-order valence-corrected chi connectivity index (χ1v) is 8.52. The summed E-state index contributed by atoms with van der Waals surface area (Å²) in [7, 11) is 2.06. The van der Waals surface area contributed by atoms with Crippen LogP contribution >= 0.6 is 0 Å². The molecule has 1 saturated heterocycles. The van der Waals surface area contributed by atoms with Gasteiger partial charge in [-0.3, -0.25) is 4.79 Å². The van der Waals surface area contributed by atoms with Crippen molar-refractivity contribution in [3.8, 4) is 0 Å². The Kier molecular flexibility index (Phi) is 5.59. The van der Waals surface area contributed by atoms with Crippen LogP contribution in [0.15, 0.2) is 34.9 Å². The summed E-state index contributed by atoms with van der Waals surface area (Å²) in [6.07, 6.45) is 3.28. The quantitative estimate of drug-likeness (QED) is 0.873. The van der Waals surface area contributed by atoms with Crippen LogP contribution in [-0.2, 0) is 17.6 Å². The molecule has 2 heterocycles. The van der Waals surface area contributed by atoms with Gasteiger partial charge in [0, 0.05) is 25.9 Å². The minimum Gasteiger partial charge on any atom is -0.355 e. The number of piperidine rings is 1. The maximum absolute atomic E-state index is 12.2. The maximum atomic E-state index is 12.2. The van der Waals surface area contributed by atoms with Gasteiger partial charge in [0.25, 0.3) is 0 Å². The van der Waals surface area contributed by atoms with E-state index >= 15 is 0 Å². The van der Waals surface area contributed by atoms with E-state index in [2.05, 4.69) is 27.4 Å². The Labute approximate surface area is 142 Å². The molecular weight excluding hydrogens is 304 g/mol. The fourth-order valence-electron chi connectivity index (χ4n) is 3.06. The van der Waals surface area contributed by atoms with Crippen LogP contribution in [0.1, 0.15) is 30.1 Å². The molecule has 1 fully saturated rings. The summed E-state index contributed by atoms with van der Waals surface area (Å²) in [4.78, 5) is 18.8. The highest BCUT2D eigenvalue weighted by molar-refractivity contribution is 5.78. The van der Waals surface area contributed by atoms with Gasteiger partial charge in [-0.25, -0.2) is 0 Å². The number of nitrogens with zero attached hydrogens (tertiary/aromatic N) is 3. The molecule has 1 aliphatic rings. The number of carbonyl (C=O) groups is 1. The zero-order valence-corrected chi connectivity index (χ0v) is 14.1. The van der Waals surface area contributed by atoms with E-state index in [1.54, 1.807) is 0 Å². The van der Waals surface area contributed by atoms with Gasteiger partial charge < -0.3 is 14.7 Å². The molecule has 1 N–H and O–H groups in total. The first-order chi connectivity index (χ1) is 11.7. The Morgan fingerprint density at radius 2 is 2.21 bits per heavy atom. The van der Waals surface area contributed by atoms with Crippen LogP contribution < -0.4 is 5.32 Å². The van der Waals surface area contributed by atoms with Crippen molar-refractivity contribution in [1.29, 1.82) is 0 Å². The zero-order valence-electron chi connectivity index (χ0n) is 14.1. The van der Waals surface area contributed by atoms with Gasteiger partial charge in [-0.15, -0.1) is 0 Å². The third-order valence-electron chi connectivity index (χ3n) is 4.35. The molecule has 6 nitrogen and oxygen atoms in total. The first-order valence-electron chi connectivity index (χ1n) is 8.52. The van der Waals surface area contributed by atoms with E-state index in [-0.39, 0.29) is 11.8 Å². The van der Waals surface area contributed by atoms with Gasteiger partial charge in [0.05, 0.1) is 5.92 Å². The summed E-state index contributed by atoms with van der Waals surface area (Å²) >= 11 is 0. The predicted molar refractivity (Wildman–Crippen MR) is 90.5 cm³/mol. The van der Waals surface area contributed by atoms with Crippen molar-refractivity contribution in [2.75, 3.05) is 26.7 Å². The summed E-state index contributed by atoms with van der Waals surface area (Å²) in [5.41, 5.74) is 1.15. The van der Waals surface area contributed by atoms with Crippen molar-refractivity contribution in [1.82, 2.24) is 20.4 Å². The maximum Gasteiger partial charge on any atom is 0.228 e. The average molecular weight is 328 g/mol.